The van der Waals surface area contributed by atoms with Crippen LogP contribution in [0.4, 0.5) is 13.2 Å². The van der Waals surface area contributed by atoms with Crippen LogP contribution in [0.5, 0.6) is 0 Å². The monoisotopic (exact) mass is 442 g/mol. The van der Waals surface area contributed by atoms with Gasteiger partial charge in [-0.05, 0) is 6.92 Å². The van der Waals surface area contributed by atoms with Gasteiger partial charge in [-0.2, -0.15) is 22.6 Å². The van der Waals surface area contributed by atoms with Crippen LogP contribution in [-0.4, -0.2) is 89.3 Å². The summed E-state index contributed by atoms with van der Waals surface area (Å²) in [6.07, 6.45) is -1.16. The zero-order valence-electron chi connectivity index (χ0n) is 16.2. The lowest BCUT2D eigenvalue weighted by Gasteiger charge is -2.22. The molecule has 1 aromatic heterocycles. The number of aromatic nitrogens is 2. The van der Waals surface area contributed by atoms with Crippen LogP contribution >= 0.6 is 0 Å². The number of fused-ring (bicyclic) bond motifs is 1. The van der Waals surface area contributed by atoms with E-state index < -0.39 is 22.2 Å². The molecule has 2 saturated heterocycles. The molecular formula is C16H25F3N4O5S. The summed E-state index contributed by atoms with van der Waals surface area (Å²) in [6.45, 7) is 6.01. The van der Waals surface area contributed by atoms with Gasteiger partial charge in [0.2, 0.25) is 10.0 Å². The molecule has 1 N–H and O–H groups in total. The lowest BCUT2D eigenvalue weighted by molar-refractivity contribution is -0.192. The van der Waals surface area contributed by atoms with E-state index in [0.29, 0.717) is 19.7 Å². The molecule has 13 heteroatoms. The van der Waals surface area contributed by atoms with E-state index in [1.54, 1.807) is 15.9 Å². The second kappa shape index (κ2) is 9.41. The van der Waals surface area contributed by atoms with Crippen molar-refractivity contribution >= 4 is 16.0 Å². The van der Waals surface area contributed by atoms with E-state index in [9.17, 15) is 21.6 Å². The van der Waals surface area contributed by atoms with Gasteiger partial charge >= 0.3 is 12.1 Å². The van der Waals surface area contributed by atoms with Gasteiger partial charge in [0, 0.05) is 57.4 Å². The summed E-state index contributed by atoms with van der Waals surface area (Å²) in [6, 6.07) is 0. The second-order valence-corrected chi connectivity index (χ2v) is 9.20. The smallest absolute Gasteiger partial charge is 0.475 e. The minimum absolute atomic E-state index is 0.0280. The van der Waals surface area contributed by atoms with Gasteiger partial charge in [0.1, 0.15) is 0 Å². The number of hydrogen-bond acceptors (Lipinski definition) is 6. The molecule has 0 unspecified atom stereocenters. The highest BCUT2D eigenvalue weighted by Gasteiger charge is 2.40. The molecule has 2 fully saturated rings. The fourth-order valence-electron chi connectivity index (χ4n) is 3.29. The predicted octanol–water partition coefficient (Wildman–Crippen LogP) is 0.536. The van der Waals surface area contributed by atoms with Crippen LogP contribution < -0.4 is 0 Å². The van der Waals surface area contributed by atoms with Gasteiger partial charge in [0.25, 0.3) is 0 Å². The summed E-state index contributed by atoms with van der Waals surface area (Å²) < 4.78 is 65.1. The maximum absolute atomic E-state index is 12.1. The first kappa shape index (κ1) is 23.6. The van der Waals surface area contributed by atoms with Crippen LogP contribution in [0.25, 0.3) is 0 Å². The van der Waals surface area contributed by atoms with E-state index in [-0.39, 0.29) is 17.8 Å². The van der Waals surface area contributed by atoms with Crippen LogP contribution in [0.3, 0.4) is 0 Å². The molecule has 3 heterocycles. The van der Waals surface area contributed by atoms with Gasteiger partial charge in [0.05, 0.1) is 24.7 Å². The van der Waals surface area contributed by atoms with Gasteiger partial charge in [-0.1, -0.05) is 0 Å². The largest absolute Gasteiger partial charge is 0.490 e. The highest BCUT2D eigenvalue weighted by molar-refractivity contribution is 7.89. The molecule has 0 amide bonds. The zero-order valence-corrected chi connectivity index (χ0v) is 17.0. The van der Waals surface area contributed by atoms with Crippen molar-refractivity contribution in [1.82, 2.24) is 19.0 Å². The average Bonchev–Trinajstić information content (AvgIpc) is 3.16. The number of carbonyl (C=O) groups is 1. The number of hydrogen-bond donors (Lipinski definition) is 1. The molecule has 0 aliphatic carbocycles. The minimum atomic E-state index is -5.08. The van der Waals surface area contributed by atoms with E-state index in [4.69, 9.17) is 14.6 Å². The highest BCUT2D eigenvalue weighted by Crippen LogP contribution is 2.26. The van der Waals surface area contributed by atoms with Crippen molar-refractivity contribution in [2.24, 2.45) is 13.0 Å². The van der Waals surface area contributed by atoms with Crippen molar-refractivity contribution in [2.75, 3.05) is 38.5 Å². The van der Waals surface area contributed by atoms with Crippen molar-refractivity contribution in [3.05, 3.63) is 18.0 Å². The number of halogens is 3. The molecule has 3 rings (SSSR count). The molecule has 0 saturated carbocycles. The Labute approximate surface area is 167 Å². The topological polar surface area (TPSA) is 105 Å². The summed E-state index contributed by atoms with van der Waals surface area (Å²) in [7, 11) is -1.21. The van der Waals surface area contributed by atoms with Crippen LogP contribution in [0.2, 0.25) is 0 Å². The Morgan fingerprint density at radius 2 is 2.00 bits per heavy atom. The molecule has 0 spiro atoms. The minimum Gasteiger partial charge on any atom is -0.475 e. The number of aryl methyl sites for hydroxylation is 1. The van der Waals surface area contributed by atoms with Gasteiger partial charge < -0.3 is 9.84 Å². The predicted molar refractivity (Wildman–Crippen MR) is 96.4 cm³/mol. The Hall–Kier alpha value is -1.70. The van der Waals surface area contributed by atoms with Crippen LogP contribution in [0.15, 0.2) is 12.4 Å². The third-order valence-corrected chi connectivity index (χ3v) is 6.56. The quantitative estimate of drug-likeness (QED) is 0.726. The average molecular weight is 442 g/mol. The third kappa shape index (κ3) is 6.66. The molecule has 29 heavy (non-hydrogen) atoms. The summed E-state index contributed by atoms with van der Waals surface area (Å²) in [4.78, 5) is 11.2. The molecule has 0 aromatic carbocycles. The van der Waals surface area contributed by atoms with Gasteiger partial charge in [-0.25, -0.2) is 13.2 Å². The SMILES string of the molecule is CCS(=O)(=O)N1C[C@@H]2CN(Cc3cnn(C)c3)CCO[C@@H]2C1.O=C(O)C(F)(F)F. The van der Waals surface area contributed by atoms with Crippen molar-refractivity contribution in [3.63, 3.8) is 0 Å². The Balaban J connectivity index is 0.000000370. The summed E-state index contributed by atoms with van der Waals surface area (Å²) in [5.41, 5.74) is 1.18. The van der Waals surface area contributed by atoms with Crippen LogP contribution in [0.1, 0.15) is 12.5 Å². The summed E-state index contributed by atoms with van der Waals surface area (Å²) in [5.74, 6) is -2.35. The molecule has 2 aliphatic rings. The molecule has 2 aliphatic heterocycles. The Morgan fingerprint density at radius 1 is 1.34 bits per heavy atom. The van der Waals surface area contributed by atoms with Crippen molar-refractivity contribution < 1.29 is 36.2 Å². The first-order chi connectivity index (χ1) is 13.4. The number of carboxylic acid groups (broad SMARTS) is 1. The molecule has 166 valence electrons. The van der Waals surface area contributed by atoms with E-state index in [1.807, 2.05) is 19.4 Å². The Kier molecular flexibility index (Phi) is 7.65. The second-order valence-electron chi connectivity index (χ2n) is 6.95. The number of rotatable bonds is 4. The Morgan fingerprint density at radius 3 is 2.52 bits per heavy atom. The van der Waals surface area contributed by atoms with Crippen LogP contribution in [-0.2, 0) is 33.1 Å². The number of ether oxygens (including phenoxy) is 1. The first-order valence-electron chi connectivity index (χ1n) is 9.01. The standard InChI is InChI=1S/C14H24N4O3S.C2HF3O2/c1-3-22(19,20)18-10-13-9-17(4-5-21-14(13)11-18)8-12-6-15-16(2)7-12;3-2(4,5)1(6)7/h6-7,13-14H,3-5,8-11H2,1-2H3;(H,6,7)/t13-,14+;/m0./s1. The van der Waals surface area contributed by atoms with E-state index in [0.717, 1.165) is 19.6 Å². The summed E-state index contributed by atoms with van der Waals surface area (Å²) >= 11 is 0. The summed E-state index contributed by atoms with van der Waals surface area (Å²) in [5, 5.41) is 11.3. The molecule has 0 bridgehead atoms. The van der Waals surface area contributed by atoms with E-state index >= 15 is 0 Å². The Bertz CT molecular complexity index is 799. The first-order valence-corrected chi connectivity index (χ1v) is 10.6. The fourth-order valence-corrected chi connectivity index (χ4v) is 4.45. The lowest BCUT2D eigenvalue weighted by atomic mass is 10.1. The lowest BCUT2D eigenvalue weighted by Crippen LogP contribution is -2.34. The molecule has 0 radical (unpaired) electrons. The van der Waals surface area contributed by atoms with Crippen molar-refractivity contribution in [3.8, 4) is 0 Å². The third-order valence-electron chi connectivity index (χ3n) is 4.74. The molecule has 1 aromatic rings. The fraction of sp³-hybridized carbons (Fsp3) is 0.750. The normalized spacial score (nSPS) is 23.8. The van der Waals surface area contributed by atoms with Gasteiger partial charge in [0.15, 0.2) is 0 Å². The maximum Gasteiger partial charge on any atom is 0.490 e. The van der Waals surface area contributed by atoms with Gasteiger partial charge in [-0.3, -0.25) is 9.58 Å². The maximum atomic E-state index is 12.1. The number of sulfonamides is 1. The van der Waals surface area contributed by atoms with Crippen molar-refractivity contribution in [2.45, 2.75) is 25.7 Å². The number of aliphatic carboxylic acids is 1. The van der Waals surface area contributed by atoms with E-state index in [1.165, 1.54) is 5.56 Å². The van der Waals surface area contributed by atoms with Crippen LogP contribution in [0, 0.1) is 5.92 Å². The number of nitrogens with zero attached hydrogens (tertiary/aromatic N) is 4. The molecule has 9 nitrogen and oxygen atoms in total. The zero-order chi connectivity index (χ0) is 21.8. The van der Waals surface area contributed by atoms with E-state index in [2.05, 4.69) is 10.00 Å². The number of alkyl halides is 3. The van der Waals surface area contributed by atoms with Crippen molar-refractivity contribution in [1.29, 1.82) is 0 Å². The highest BCUT2D eigenvalue weighted by atomic mass is 32.2. The van der Waals surface area contributed by atoms with Gasteiger partial charge in [-0.15, -0.1) is 0 Å². The molecular weight excluding hydrogens is 417 g/mol. The molecule has 2 atom stereocenters. The number of carboxylic acids is 1.